The number of allylic oxidation sites excluding steroid dienone is 4. The molecule has 188 valence electrons. The van der Waals surface area contributed by atoms with Gasteiger partial charge < -0.3 is 5.11 Å². The number of aliphatic hydroxyl groups is 1. The Balaban J connectivity index is 1.60. The maximum absolute atomic E-state index is 11.1. The van der Waals surface area contributed by atoms with Crippen LogP contribution in [-0.4, -0.2) is 29.8 Å². The van der Waals surface area contributed by atoms with E-state index in [1.165, 1.54) is 31.3 Å². The van der Waals surface area contributed by atoms with Crippen LogP contribution < -0.4 is 0 Å². The molecule has 0 saturated heterocycles. The molecule has 2 N–H and O–H groups in total. The highest BCUT2D eigenvalue weighted by Crippen LogP contribution is 2.59. The van der Waals surface area contributed by atoms with E-state index in [0.29, 0.717) is 30.6 Å². The monoisotopic (exact) mass is 480 g/mol. The van der Waals surface area contributed by atoms with Crippen LogP contribution in [0.2, 0.25) is 0 Å². The predicted molar refractivity (Wildman–Crippen MR) is 133 cm³/mol. The molecule has 5 atom stereocenters. The van der Waals surface area contributed by atoms with Gasteiger partial charge in [0.2, 0.25) is 0 Å². The average molecular weight is 481 g/mol. The first-order valence-corrected chi connectivity index (χ1v) is 14.1. The highest BCUT2D eigenvalue weighted by molar-refractivity contribution is 7.80. The molecule has 3 fully saturated rings. The standard InChI is InChI=1S/C27H44O5S/c1-19-8-12-24(32-33(29,30)31)18-22(19)10-9-21-14-16-27(5)23(17-21)11-13-25(27)20(2)7-6-15-26(3,4)28/h9-10,20,23-25,28H,1,6-8,11-18H2,2-5H3,(H,29,30,31)/b21-9-,22-10-/t20-,23+,24+,25-,27+/m1/s1. The van der Waals surface area contributed by atoms with Gasteiger partial charge in [0.05, 0.1) is 11.7 Å². The molecule has 0 spiro atoms. The minimum absolute atomic E-state index is 0.404. The number of hydrogen-bond acceptors (Lipinski definition) is 4. The molecule has 6 heteroatoms. The first kappa shape index (κ1) is 26.7. The fraction of sp³-hybridized carbons (Fsp3) is 0.778. The van der Waals surface area contributed by atoms with Crippen molar-refractivity contribution in [1.82, 2.24) is 0 Å². The number of hydrogen-bond donors (Lipinski definition) is 2. The van der Waals surface area contributed by atoms with E-state index < -0.39 is 22.1 Å². The lowest BCUT2D eigenvalue weighted by molar-refractivity contribution is 0.0575. The maximum Gasteiger partial charge on any atom is 0.397 e. The molecule has 33 heavy (non-hydrogen) atoms. The van der Waals surface area contributed by atoms with E-state index in [4.69, 9.17) is 8.74 Å². The van der Waals surface area contributed by atoms with E-state index in [2.05, 4.69) is 32.6 Å². The molecule has 3 aliphatic carbocycles. The molecule has 3 aliphatic rings. The highest BCUT2D eigenvalue weighted by Gasteiger charge is 2.49. The summed E-state index contributed by atoms with van der Waals surface area (Å²) < 4.78 is 36.0. The lowest BCUT2D eigenvalue weighted by Gasteiger charge is -2.44. The molecule has 0 aromatic carbocycles. The lowest BCUT2D eigenvalue weighted by atomic mass is 9.61. The first-order valence-electron chi connectivity index (χ1n) is 12.7. The largest absolute Gasteiger partial charge is 0.397 e. The zero-order valence-electron chi connectivity index (χ0n) is 21.0. The molecular weight excluding hydrogens is 436 g/mol. The smallest absolute Gasteiger partial charge is 0.390 e. The second-order valence-electron chi connectivity index (χ2n) is 11.8. The van der Waals surface area contributed by atoms with E-state index in [1.54, 1.807) is 0 Å². The summed E-state index contributed by atoms with van der Waals surface area (Å²) in [7, 11) is -4.43. The van der Waals surface area contributed by atoms with Gasteiger partial charge in [-0.05, 0) is 94.0 Å². The Morgan fingerprint density at radius 2 is 1.94 bits per heavy atom. The van der Waals surface area contributed by atoms with E-state index >= 15 is 0 Å². The van der Waals surface area contributed by atoms with Crippen LogP contribution in [-0.2, 0) is 14.6 Å². The maximum atomic E-state index is 11.1. The van der Waals surface area contributed by atoms with Crippen molar-refractivity contribution < 1.29 is 22.3 Å². The van der Waals surface area contributed by atoms with E-state index in [0.717, 1.165) is 48.7 Å². The molecule has 0 unspecified atom stereocenters. The summed E-state index contributed by atoms with van der Waals surface area (Å²) in [6, 6.07) is 0. The molecule has 0 aliphatic heterocycles. The normalized spacial score (nSPS) is 34.6. The van der Waals surface area contributed by atoms with Crippen molar-refractivity contribution in [1.29, 1.82) is 0 Å². The van der Waals surface area contributed by atoms with Gasteiger partial charge in [-0.2, -0.15) is 8.42 Å². The Kier molecular flexibility index (Phi) is 8.36. The van der Waals surface area contributed by atoms with Gasteiger partial charge in [-0.15, -0.1) is 0 Å². The molecule has 5 nitrogen and oxygen atoms in total. The molecule has 0 aromatic heterocycles. The van der Waals surface area contributed by atoms with Gasteiger partial charge in [-0.3, -0.25) is 4.55 Å². The SMILES string of the molecule is C=C1CC[C@H](OS(=O)(=O)O)C/C1=C/C=C1/CC[C@@]2(C)[C@@H](CC[C@@H]2[C@H](C)CCCC(C)(C)O)C1. The molecule has 0 heterocycles. The van der Waals surface area contributed by atoms with Crippen molar-refractivity contribution in [3.8, 4) is 0 Å². The van der Waals surface area contributed by atoms with Crippen LogP contribution in [0.4, 0.5) is 0 Å². The Bertz CT molecular complexity index is 879. The fourth-order valence-electron chi connectivity index (χ4n) is 6.71. The molecule has 0 amide bonds. The topological polar surface area (TPSA) is 83.8 Å². The zero-order valence-corrected chi connectivity index (χ0v) is 21.8. The Morgan fingerprint density at radius 3 is 2.61 bits per heavy atom. The fourth-order valence-corrected chi connectivity index (χ4v) is 7.21. The summed E-state index contributed by atoms with van der Waals surface area (Å²) in [5.41, 5.74) is 3.37. The number of fused-ring (bicyclic) bond motifs is 1. The molecular formula is C27H44O5S. The summed E-state index contributed by atoms with van der Waals surface area (Å²) in [6.07, 6.45) is 14.8. The van der Waals surface area contributed by atoms with Crippen LogP contribution in [0.25, 0.3) is 0 Å². The van der Waals surface area contributed by atoms with Crippen molar-refractivity contribution in [3.05, 3.63) is 35.5 Å². The quantitative estimate of drug-likeness (QED) is 0.384. The highest BCUT2D eigenvalue weighted by atomic mass is 32.3. The summed E-state index contributed by atoms with van der Waals surface area (Å²) in [4.78, 5) is 0. The Morgan fingerprint density at radius 1 is 1.21 bits per heavy atom. The lowest BCUT2D eigenvalue weighted by Crippen LogP contribution is -2.35. The minimum atomic E-state index is -4.43. The predicted octanol–water partition coefficient (Wildman–Crippen LogP) is 6.56. The average Bonchev–Trinajstić information content (AvgIpc) is 3.02. The third kappa shape index (κ3) is 7.27. The van der Waals surface area contributed by atoms with E-state index in [-0.39, 0.29) is 0 Å². The summed E-state index contributed by atoms with van der Waals surface area (Å²) in [6.45, 7) is 12.9. The van der Waals surface area contributed by atoms with Gasteiger partial charge in [-0.25, -0.2) is 4.18 Å². The van der Waals surface area contributed by atoms with Crippen LogP contribution >= 0.6 is 0 Å². The van der Waals surface area contributed by atoms with Crippen LogP contribution in [0.1, 0.15) is 98.3 Å². The van der Waals surface area contributed by atoms with Crippen LogP contribution in [0.5, 0.6) is 0 Å². The molecule has 0 aromatic rings. The van der Waals surface area contributed by atoms with Crippen LogP contribution in [0.15, 0.2) is 35.5 Å². The van der Waals surface area contributed by atoms with Gasteiger partial charge >= 0.3 is 10.4 Å². The van der Waals surface area contributed by atoms with Crippen molar-refractivity contribution in [2.24, 2.45) is 23.2 Å². The Labute approximate surface area is 201 Å². The van der Waals surface area contributed by atoms with Gasteiger partial charge in [0.25, 0.3) is 0 Å². The third-order valence-corrected chi connectivity index (χ3v) is 9.20. The third-order valence-electron chi connectivity index (χ3n) is 8.68. The molecule has 0 bridgehead atoms. The van der Waals surface area contributed by atoms with Crippen LogP contribution in [0.3, 0.4) is 0 Å². The van der Waals surface area contributed by atoms with Crippen molar-refractivity contribution in [2.45, 2.75) is 110 Å². The van der Waals surface area contributed by atoms with Gasteiger partial charge in [0.15, 0.2) is 0 Å². The molecule has 0 radical (unpaired) electrons. The Hall–Kier alpha value is -0.950. The first-order chi connectivity index (χ1) is 15.3. The van der Waals surface area contributed by atoms with Gasteiger partial charge in [0.1, 0.15) is 0 Å². The van der Waals surface area contributed by atoms with Gasteiger partial charge in [-0.1, -0.05) is 56.6 Å². The zero-order chi connectivity index (χ0) is 24.4. The minimum Gasteiger partial charge on any atom is -0.390 e. The van der Waals surface area contributed by atoms with Crippen molar-refractivity contribution >= 4 is 10.4 Å². The summed E-state index contributed by atoms with van der Waals surface area (Å²) >= 11 is 0. The van der Waals surface area contributed by atoms with Crippen LogP contribution in [0, 0.1) is 23.2 Å². The van der Waals surface area contributed by atoms with Crippen molar-refractivity contribution in [3.63, 3.8) is 0 Å². The number of rotatable bonds is 8. The van der Waals surface area contributed by atoms with E-state index in [1.807, 2.05) is 13.8 Å². The second-order valence-corrected chi connectivity index (χ2v) is 12.8. The summed E-state index contributed by atoms with van der Waals surface area (Å²) in [5.74, 6) is 2.18. The second kappa shape index (κ2) is 10.3. The van der Waals surface area contributed by atoms with E-state index in [9.17, 15) is 13.5 Å². The molecule has 3 saturated carbocycles. The molecule has 3 rings (SSSR count). The summed E-state index contributed by atoms with van der Waals surface area (Å²) in [5, 5.41) is 10.0. The van der Waals surface area contributed by atoms with Gasteiger partial charge in [0, 0.05) is 6.42 Å². The van der Waals surface area contributed by atoms with Crippen molar-refractivity contribution in [2.75, 3.05) is 0 Å².